The second-order valence-corrected chi connectivity index (χ2v) is 6.01. The van der Waals surface area contributed by atoms with Gasteiger partial charge in [0.05, 0.1) is 0 Å². The van der Waals surface area contributed by atoms with Crippen molar-refractivity contribution < 1.29 is 14.7 Å². The van der Waals surface area contributed by atoms with Crippen molar-refractivity contribution in [2.75, 3.05) is 24.5 Å². The first kappa shape index (κ1) is 15.8. The highest BCUT2D eigenvalue weighted by Crippen LogP contribution is 2.32. The zero-order valence-electron chi connectivity index (χ0n) is 11.9. The summed E-state index contributed by atoms with van der Waals surface area (Å²) in [6.45, 7) is 3.10. The lowest BCUT2D eigenvalue weighted by atomic mass is 9.79. The minimum atomic E-state index is -1.03. The summed E-state index contributed by atoms with van der Waals surface area (Å²) in [7, 11) is 0. The minimum Gasteiger partial charge on any atom is -0.480 e. The van der Waals surface area contributed by atoms with Crippen LogP contribution in [0.5, 0.6) is 0 Å². The van der Waals surface area contributed by atoms with Crippen molar-refractivity contribution in [3.8, 4) is 0 Å². The van der Waals surface area contributed by atoms with Crippen molar-refractivity contribution in [3.63, 3.8) is 0 Å². The summed E-state index contributed by atoms with van der Waals surface area (Å²) in [6, 6.07) is 6.66. The topological polar surface area (TPSA) is 69.6 Å². The number of carboxylic acids is 1. The molecule has 1 aromatic rings. The number of hydrogen-bond donors (Lipinski definition) is 2. The molecule has 0 aromatic heterocycles. The number of aliphatic carboxylic acids is 1. The summed E-state index contributed by atoms with van der Waals surface area (Å²) < 4.78 is 0. The van der Waals surface area contributed by atoms with Crippen LogP contribution in [-0.2, 0) is 9.59 Å². The second kappa shape index (κ2) is 6.45. The molecular weight excluding hydrogens is 292 g/mol. The Morgan fingerprint density at radius 2 is 1.86 bits per heavy atom. The maximum absolute atomic E-state index is 12.8. The number of carbonyl (C=O) groups excluding carboxylic acids is 1. The van der Waals surface area contributed by atoms with E-state index in [-0.39, 0.29) is 12.5 Å². The van der Waals surface area contributed by atoms with E-state index in [0.717, 1.165) is 13.1 Å². The molecule has 0 atom stereocenters. The Morgan fingerprint density at radius 1 is 1.29 bits per heavy atom. The summed E-state index contributed by atoms with van der Waals surface area (Å²) in [5.41, 5.74) is 0.0342. The first-order valence-electron chi connectivity index (χ1n) is 6.92. The van der Waals surface area contributed by atoms with Crippen LogP contribution < -0.4 is 10.2 Å². The number of hydrogen-bond acceptors (Lipinski definition) is 3. The molecule has 1 aliphatic rings. The SMILES string of the molecule is CC1(C(=O)N(CC(=O)O)c2ccc(Cl)cc2)CCNCC1. The highest BCUT2D eigenvalue weighted by atomic mass is 35.5. The summed E-state index contributed by atoms with van der Waals surface area (Å²) in [5, 5.41) is 12.9. The zero-order valence-corrected chi connectivity index (χ0v) is 12.7. The molecule has 0 spiro atoms. The van der Waals surface area contributed by atoms with Crippen LogP contribution in [0.2, 0.25) is 5.02 Å². The molecule has 0 unspecified atom stereocenters. The van der Waals surface area contributed by atoms with Crippen LogP contribution in [-0.4, -0.2) is 36.6 Å². The smallest absolute Gasteiger partial charge is 0.323 e. The fourth-order valence-corrected chi connectivity index (χ4v) is 2.68. The Balaban J connectivity index is 2.28. The van der Waals surface area contributed by atoms with Gasteiger partial charge in [0.25, 0.3) is 0 Å². The van der Waals surface area contributed by atoms with Crippen LogP contribution in [0.4, 0.5) is 5.69 Å². The monoisotopic (exact) mass is 310 g/mol. The van der Waals surface area contributed by atoms with Crippen LogP contribution in [0.3, 0.4) is 0 Å². The highest BCUT2D eigenvalue weighted by molar-refractivity contribution is 6.30. The molecule has 6 heteroatoms. The van der Waals surface area contributed by atoms with Crippen molar-refractivity contribution in [3.05, 3.63) is 29.3 Å². The van der Waals surface area contributed by atoms with Crippen molar-refractivity contribution in [1.82, 2.24) is 5.32 Å². The van der Waals surface area contributed by atoms with E-state index >= 15 is 0 Å². The van der Waals surface area contributed by atoms with Crippen LogP contribution in [0, 0.1) is 5.41 Å². The van der Waals surface area contributed by atoms with Gasteiger partial charge < -0.3 is 15.3 Å². The molecule has 2 rings (SSSR count). The molecule has 5 nitrogen and oxygen atoms in total. The number of rotatable bonds is 4. The molecule has 1 amide bonds. The third-order valence-corrected chi connectivity index (χ3v) is 4.15. The third kappa shape index (κ3) is 3.74. The van der Waals surface area contributed by atoms with Crippen molar-refractivity contribution >= 4 is 29.2 Å². The minimum absolute atomic E-state index is 0.145. The molecule has 0 bridgehead atoms. The summed E-state index contributed by atoms with van der Waals surface area (Å²) >= 11 is 5.85. The predicted octanol–water partition coefficient (Wildman–Crippen LogP) is 2.15. The van der Waals surface area contributed by atoms with Crippen molar-refractivity contribution in [1.29, 1.82) is 0 Å². The molecule has 1 aromatic carbocycles. The highest BCUT2D eigenvalue weighted by Gasteiger charge is 2.38. The van der Waals surface area contributed by atoms with Gasteiger partial charge >= 0.3 is 5.97 Å². The number of amides is 1. The normalized spacial score (nSPS) is 17.2. The van der Waals surface area contributed by atoms with E-state index in [9.17, 15) is 9.59 Å². The van der Waals surface area contributed by atoms with E-state index in [0.29, 0.717) is 23.6 Å². The van der Waals surface area contributed by atoms with Gasteiger partial charge in [-0.3, -0.25) is 9.59 Å². The standard InChI is InChI=1S/C15H19ClN2O3/c1-15(6-8-17-9-7-15)14(21)18(10-13(19)20)12-4-2-11(16)3-5-12/h2-5,17H,6-10H2,1H3,(H,19,20). The molecule has 1 fully saturated rings. The predicted molar refractivity (Wildman–Crippen MR) is 81.7 cm³/mol. The number of nitrogens with zero attached hydrogens (tertiary/aromatic N) is 1. The number of piperidine rings is 1. The number of carboxylic acid groups (broad SMARTS) is 1. The summed E-state index contributed by atoms with van der Waals surface area (Å²) in [6.07, 6.45) is 1.41. The van der Waals surface area contributed by atoms with Gasteiger partial charge in [0.2, 0.25) is 5.91 Å². The summed E-state index contributed by atoms with van der Waals surface area (Å²) in [5.74, 6) is -1.18. The Kier molecular flexibility index (Phi) is 4.85. The van der Waals surface area contributed by atoms with Crippen LogP contribution >= 0.6 is 11.6 Å². The van der Waals surface area contributed by atoms with Crippen LogP contribution in [0.25, 0.3) is 0 Å². The molecule has 2 N–H and O–H groups in total. The number of halogens is 1. The Hall–Kier alpha value is -1.59. The molecule has 1 heterocycles. The van der Waals surface area contributed by atoms with Gasteiger partial charge in [-0.05, 0) is 50.2 Å². The van der Waals surface area contributed by atoms with Crippen molar-refractivity contribution in [2.45, 2.75) is 19.8 Å². The van der Waals surface area contributed by atoms with Gasteiger partial charge in [-0.25, -0.2) is 0 Å². The van der Waals surface area contributed by atoms with Crippen molar-refractivity contribution in [2.24, 2.45) is 5.41 Å². The van der Waals surface area contributed by atoms with Crippen LogP contribution in [0.1, 0.15) is 19.8 Å². The lowest BCUT2D eigenvalue weighted by Gasteiger charge is -2.36. The molecule has 0 aliphatic carbocycles. The number of carbonyl (C=O) groups is 2. The number of nitrogens with one attached hydrogen (secondary N) is 1. The van der Waals surface area contributed by atoms with Gasteiger partial charge in [0, 0.05) is 16.1 Å². The molecular formula is C15H19ClN2O3. The first-order chi connectivity index (χ1) is 9.92. The lowest BCUT2D eigenvalue weighted by molar-refractivity contribution is -0.138. The van der Waals surface area contributed by atoms with Gasteiger partial charge in [-0.1, -0.05) is 18.5 Å². The number of benzene rings is 1. The van der Waals surface area contributed by atoms with Gasteiger partial charge in [-0.2, -0.15) is 0 Å². The molecule has 1 aliphatic heterocycles. The molecule has 114 valence electrons. The molecule has 0 radical (unpaired) electrons. The second-order valence-electron chi connectivity index (χ2n) is 5.57. The van der Waals surface area contributed by atoms with E-state index in [2.05, 4.69) is 5.32 Å². The zero-order chi connectivity index (χ0) is 15.5. The van der Waals surface area contributed by atoms with E-state index in [4.69, 9.17) is 16.7 Å². The average Bonchev–Trinajstić information content (AvgIpc) is 2.46. The Bertz CT molecular complexity index is 524. The quantitative estimate of drug-likeness (QED) is 0.894. The molecule has 1 saturated heterocycles. The largest absolute Gasteiger partial charge is 0.480 e. The lowest BCUT2D eigenvalue weighted by Crippen LogP contribution is -2.49. The van der Waals surface area contributed by atoms with Crippen LogP contribution in [0.15, 0.2) is 24.3 Å². The summed E-state index contributed by atoms with van der Waals surface area (Å²) in [4.78, 5) is 25.3. The molecule has 21 heavy (non-hydrogen) atoms. The molecule has 0 saturated carbocycles. The maximum Gasteiger partial charge on any atom is 0.323 e. The van der Waals surface area contributed by atoms with Gasteiger partial charge in [-0.15, -0.1) is 0 Å². The van der Waals surface area contributed by atoms with Gasteiger partial charge in [0.15, 0.2) is 0 Å². The fourth-order valence-electron chi connectivity index (χ4n) is 2.55. The van der Waals surface area contributed by atoms with E-state index < -0.39 is 11.4 Å². The fraction of sp³-hybridized carbons (Fsp3) is 0.467. The number of anilines is 1. The van der Waals surface area contributed by atoms with Gasteiger partial charge in [0.1, 0.15) is 6.54 Å². The van der Waals surface area contributed by atoms with E-state index in [1.807, 2.05) is 6.92 Å². The third-order valence-electron chi connectivity index (χ3n) is 3.90. The maximum atomic E-state index is 12.8. The average molecular weight is 311 g/mol. The Morgan fingerprint density at radius 3 is 2.38 bits per heavy atom. The Labute approximate surface area is 128 Å². The van der Waals surface area contributed by atoms with E-state index in [1.165, 1.54) is 4.90 Å². The first-order valence-corrected chi connectivity index (χ1v) is 7.30. The van der Waals surface area contributed by atoms with E-state index in [1.54, 1.807) is 24.3 Å².